The van der Waals surface area contributed by atoms with E-state index in [4.69, 9.17) is 17.3 Å². The molecule has 0 radical (unpaired) electrons. The molecule has 0 fully saturated rings. The van der Waals surface area contributed by atoms with Gasteiger partial charge in [-0.2, -0.15) is 0 Å². The zero-order valence-electron chi connectivity index (χ0n) is 9.29. The van der Waals surface area contributed by atoms with Crippen molar-refractivity contribution < 1.29 is 0 Å². The zero-order chi connectivity index (χ0) is 11.7. The van der Waals surface area contributed by atoms with Crippen LogP contribution in [0.25, 0.3) is 11.3 Å². The molecule has 0 unspecified atom stereocenters. The first-order valence-electron chi connectivity index (χ1n) is 5.18. The second-order valence-corrected chi connectivity index (χ2v) is 4.46. The second kappa shape index (κ2) is 4.18. The molecule has 0 bridgehead atoms. The van der Waals surface area contributed by atoms with Crippen LogP contribution < -0.4 is 5.73 Å². The summed E-state index contributed by atoms with van der Waals surface area (Å²) in [5.74, 6) is 0.381. The summed E-state index contributed by atoms with van der Waals surface area (Å²) >= 11 is 5.85. The van der Waals surface area contributed by atoms with Crippen molar-refractivity contribution in [2.45, 2.75) is 19.8 Å². The number of hydrogen-bond acceptors (Lipinski definition) is 2. The smallest absolute Gasteiger partial charge is 0.129 e. The SMILES string of the molecule is CC(C)c1[nH]c(-c2ccnc(Cl)c2)cc1N. The van der Waals surface area contributed by atoms with Gasteiger partial charge in [0.05, 0.1) is 5.69 Å². The molecular formula is C12H14ClN3. The van der Waals surface area contributed by atoms with Crippen molar-refractivity contribution in [2.24, 2.45) is 0 Å². The summed E-state index contributed by atoms with van der Waals surface area (Å²) in [7, 11) is 0. The number of rotatable bonds is 2. The average molecular weight is 236 g/mol. The standard InChI is InChI=1S/C12H14ClN3/c1-7(2)12-9(14)6-10(16-12)8-3-4-15-11(13)5-8/h3-7,16H,14H2,1-2H3. The Hall–Kier alpha value is -1.48. The van der Waals surface area contributed by atoms with Crippen LogP contribution in [0.15, 0.2) is 24.4 Å². The molecule has 84 valence electrons. The highest BCUT2D eigenvalue weighted by molar-refractivity contribution is 6.29. The first kappa shape index (κ1) is 11.0. The fourth-order valence-electron chi connectivity index (χ4n) is 1.69. The van der Waals surface area contributed by atoms with E-state index in [1.807, 2.05) is 18.2 Å². The van der Waals surface area contributed by atoms with Gasteiger partial charge in [-0.25, -0.2) is 4.98 Å². The van der Waals surface area contributed by atoms with Gasteiger partial charge in [-0.3, -0.25) is 0 Å². The van der Waals surface area contributed by atoms with Crippen molar-refractivity contribution in [3.63, 3.8) is 0 Å². The van der Waals surface area contributed by atoms with E-state index in [-0.39, 0.29) is 0 Å². The molecule has 0 amide bonds. The van der Waals surface area contributed by atoms with E-state index >= 15 is 0 Å². The maximum atomic E-state index is 5.94. The summed E-state index contributed by atoms with van der Waals surface area (Å²) in [6.45, 7) is 4.21. The summed E-state index contributed by atoms with van der Waals surface area (Å²) in [5.41, 5.74) is 9.76. The predicted octanol–water partition coefficient (Wildman–Crippen LogP) is 3.44. The number of nitrogens with two attached hydrogens (primary N) is 1. The van der Waals surface area contributed by atoms with E-state index in [2.05, 4.69) is 23.8 Å². The molecule has 0 aliphatic rings. The lowest BCUT2D eigenvalue weighted by Crippen LogP contribution is -1.93. The maximum Gasteiger partial charge on any atom is 0.129 e. The van der Waals surface area contributed by atoms with Crippen LogP contribution in [0.1, 0.15) is 25.5 Å². The number of H-pyrrole nitrogens is 1. The van der Waals surface area contributed by atoms with Crippen LogP contribution in [-0.4, -0.2) is 9.97 Å². The number of halogens is 1. The molecule has 0 saturated heterocycles. The summed E-state index contributed by atoms with van der Waals surface area (Å²) in [6.07, 6.45) is 1.68. The van der Waals surface area contributed by atoms with Crippen LogP contribution in [0.2, 0.25) is 5.15 Å². The molecule has 3 nitrogen and oxygen atoms in total. The number of nitrogen functional groups attached to an aromatic ring is 1. The van der Waals surface area contributed by atoms with Gasteiger partial charge in [-0.05, 0) is 24.1 Å². The topological polar surface area (TPSA) is 54.7 Å². The molecule has 3 N–H and O–H groups in total. The number of nitrogens with one attached hydrogen (secondary N) is 1. The Morgan fingerprint density at radius 1 is 1.38 bits per heavy atom. The highest BCUT2D eigenvalue weighted by atomic mass is 35.5. The molecule has 0 aliphatic heterocycles. The van der Waals surface area contributed by atoms with Crippen LogP contribution in [0.3, 0.4) is 0 Å². The van der Waals surface area contributed by atoms with Crippen LogP contribution >= 0.6 is 11.6 Å². The van der Waals surface area contributed by atoms with E-state index in [0.29, 0.717) is 11.1 Å². The van der Waals surface area contributed by atoms with Gasteiger partial charge in [-0.1, -0.05) is 25.4 Å². The monoisotopic (exact) mass is 235 g/mol. The first-order valence-corrected chi connectivity index (χ1v) is 5.56. The van der Waals surface area contributed by atoms with Crippen molar-refractivity contribution in [1.82, 2.24) is 9.97 Å². The number of aromatic nitrogens is 2. The molecule has 2 aromatic rings. The summed E-state index contributed by atoms with van der Waals surface area (Å²) in [4.78, 5) is 7.26. The number of anilines is 1. The van der Waals surface area contributed by atoms with E-state index < -0.39 is 0 Å². The third-order valence-corrected chi connectivity index (χ3v) is 2.70. The Labute approximate surface area is 99.7 Å². The van der Waals surface area contributed by atoms with Crippen molar-refractivity contribution >= 4 is 17.3 Å². The lowest BCUT2D eigenvalue weighted by molar-refractivity contribution is 0.837. The lowest BCUT2D eigenvalue weighted by Gasteiger charge is -2.02. The highest BCUT2D eigenvalue weighted by Crippen LogP contribution is 2.28. The third-order valence-electron chi connectivity index (χ3n) is 2.50. The van der Waals surface area contributed by atoms with E-state index in [0.717, 1.165) is 22.6 Å². The Kier molecular flexibility index (Phi) is 2.88. The largest absolute Gasteiger partial charge is 0.397 e. The molecular weight excluding hydrogens is 222 g/mol. The normalized spacial score (nSPS) is 11.0. The van der Waals surface area contributed by atoms with Gasteiger partial charge in [0, 0.05) is 23.1 Å². The van der Waals surface area contributed by atoms with E-state index in [1.54, 1.807) is 6.20 Å². The van der Waals surface area contributed by atoms with Crippen LogP contribution in [0.4, 0.5) is 5.69 Å². The molecule has 0 atom stereocenters. The quantitative estimate of drug-likeness (QED) is 0.784. The van der Waals surface area contributed by atoms with Crippen molar-refractivity contribution in [1.29, 1.82) is 0 Å². The third kappa shape index (κ3) is 2.04. The van der Waals surface area contributed by atoms with Gasteiger partial charge >= 0.3 is 0 Å². The number of nitrogens with zero attached hydrogens (tertiary/aromatic N) is 1. The minimum Gasteiger partial charge on any atom is -0.397 e. The Morgan fingerprint density at radius 2 is 2.12 bits per heavy atom. The number of pyridine rings is 1. The summed E-state index contributed by atoms with van der Waals surface area (Å²) in [5, 5.41) is 0.483. The molecule has 0 spiro atoms. The van der Waals surface area contributed by atoms with Crippen molar-refractivity contribution in [3.8, 4) is 11.3 Å². The summed E-state index contributed by atoms with van der Waals surface area (Å²) in [6, 6.07) is 5.65. The fraction of sp³-hybridized carbons (Fsp3) is 0.250. The van der Waals surface area contributed by atoms with Gasteiger partial charge in [0.15, 0.2) is 0 Å². The van der Waals surface area contributed by atoms with Crippen LogP contribution in [-0.2, 0) is 0 Å². The molecule has 2 heterocycles. The second-order valence-electron chi connectivity index (χ2n) is 4.07. The summed E-state index contributed by atoms with van der Waals surface area (Å²) < 4.78 is 0. The van der Waals surface area contributed by atoms with Gasteiger partial charge < -0.3 is 10.7 Å². The molecule has 0 saturated carbocycles. The Balaban J connectivity index is 2.45. The van der Waals surface area contributed by atoms with E-state index in [1.165, 1.54) is 0 Å². The zero-order valence-corrected chi connectivity index (χ0v) is 10.0. The average Bonchev–Trinajstić information content (AvgIpc) is 2.60. The van der Waals surface area contributed by atoms with E-state index in [9.17, 15) is 0 Å². The minimum atomic E-state index is 0.381. The minimum absolute atomic E-state index is 0.381. The highest BCUT2D eigenvalue weighted by Gasteiger charge is 2.10. The molecule has 0 aliphatic carbocycles. The van der Waals surface area contributed by atoms with Gasteiger partial charge in [0.25, 0.3) is 0 Å². The van der Waals surface area contributed by atoms with Crippen molar-refractivity contribution in [3.05, 3.63) is 35.2 Å². The van der Waals surface area contributed by atoms with Crippen LogP contribution in [0.5, 0.6) is 0 Å². The maximum absolute atomic E-state index is 5.94. The van der Waals surface area contributed by atoms with Crippen molar-refractivity contribution in [2.75, 3.05) is 5.73 Å². The van der Waals surface area contributed by atoms with Crippen LogP contribution in [0, 0.1) is 0 Å². The number of aromatic amines is 1. The molecule has 2 aromatic heterocycles. The van der Waals surface area contributed by atoms with Gasteiger partial charge in [0.2, 0.25) is 0 Å². The number of hydrogen-bond donors (Lipinski definition) is 2. The Morgan fingerprint density at radius 3 is 2.69 bits per heavy atom. The molecule has 4 heteroatoms. The molecule has 16 heavy (non-hydrogen) atoms. The van der Waals surface area contributed by atoms with Gasteiger partial charge in [-0.15, -0.1) is 0 Å². The Bertz CT molecular complexity index is 503. The first-order chi connectivity index (χ1) is 7.58. The molecule has 0 aromatic carbocycles. The van der Waals surface area contributed by atoms with Gasteiger partial charge in [0.1, 0.15) is 5.15 Å². The fourth-order valence-corrected chi connectivity index (χ4v) is 1.86. The molecule has 2 rings (SSSR count). The predicted molar refractivity (Wildman–Crippen MR) is 67.5 cm³/mol. The lowest BCUT2D eigenvalue weighted by atomic mass is 10.1.